The fourth-order valence-electron chi connectivity index (χ4n) is 4.62. The molecule has 0 amide bonds. The minimum atomic E-state index is -4.84. The Morgan fingerprint density at radius 1 is 1.06 bits per heavy atom. The molecular formula is C22H23F3N4O4S. The summed E-state index contributed by atoms with van der Waals surface area (Å²) in [6.07, 6.45) is -0.279. The minimum absolute atomic E-state index is 0.00751. The van der Waals surface area contributed by atoms with Crippen LogP contribution >= 0.6 is 0 Å². The van der Waals surface area contributed by atoms with Crippen molar-refractivity contribution in [3.63, 3.8) is 0 Å². The highest BCUT2D eigenvalue weighted by Gasteiger charge is 2.35. The highest BCUT2D eigenvalue weighted by atomic mass is 32.2. The van der Waals surface area contributed by atoms with E-state index in [0.29, 0.717) is 19.4 Å². The van der Waals surface area contributed by atoms with Crippen molar-refractivity contribution in [2.24, 2.45) is 0 Å². The van der Waals surface area contributed by atoms with Crippen LogP contribution in [0.1, 0.15) is 43.7 Å². The zero-order valence-electron chi connectivity index (χ0n) is 18.1. The summed E-state index contributed by atoms with van der Waals surface area (Å²) < 4.78 is 76.4. The van der Waals surface area contributed by atoms with Gasteiger partial charge in [-0.15, -0.1) is 13.2 Å². The van der Waals surface area contributed by atoms with Gasteiger partial charge in [-0.3, -0.25) is 0 Å². The average molecular weight is 497 g/mol. The number of pyridine rings is 1. The van der Waals surface area contributed by atoms with E-state index in [-0.39, 0.29) is 30.1 Å². The fraction of sp³-hybridized carbons (Fsp3) is 0.455. The van der Waals surface area contributed by atoms with Crippen LogP contribution in [0.5, 0.6) is 5.75 Å². The highest BCUT2D eigenvalue weighted by molar-refractivity contribution is 7.89. The van der Waals surface area contributed by atoms with Crippen LogP contribution in [0.2, 0.25) is 0 Å². The molecule has 2 fully saturated rings. The Labute approximate surface area is 194 Å². The van der Waals surface area contributed by atoms with Gasteiger partial charge in [0.1, 0.15) is 23.2 Å². The van der Waals surface area contributed by atoms with Crippen molar-refractivity contribution in [2.75, 3.05) is 19.7 Å². The van der Waals surface area contributed by atoms with Crippen molar-refractivity contribution in [3.8, 4) is 5.75 Å². The number of benzene rings is 1. The summed E-state index contributed by atoms with van der Waals surface area (Å²) in [7, 11) is -3.85. The molecule has 8 nitrogen and oxygen atoms in total. The average Bonchev–Trinajstić information content (AvgIpc) is 3.46. The molecule has 0 spiro atoms. The number of hydrogen-bond acceptors (Lipinski definition) is 6. The largest absolute Gasteiger partial charge is 0.573 e. The first-order valence-corrected chi connectivity index (χ1v) is 12.5. The monoisotopic (exact) mass is 496 g/mol. The van der Waals surface area contributed by atoms with Crippen molar-refractivity contribution in [2.45, 2.75) is 49.1 Å². The van der Waals surface area contributed by atoms with Crippen LogP contribution in [-0.4, -0.2) is 53.3 Å². The molecule has 0 N–H and O–H groups in total. The SMILES string of the molecule is O=S(=O)(c1ccc(OC(F)(F)F)cc1)N1CCC(n2c([C@@H]3CCCO3)nc3cccnc32)CC1. The number of nitrogens with zero attached hydrogens (tertiary/aromatic N) is 4. The van der Waals surface area contributed by atoms with Gasteiger partial charge in [0, 0.05) is 31.9 Å². The fourth-order valence-corrected chi connectivity index (χ4v) is 6.09. The van der Waals surface area contributed by atoms with E-state index in [4.69, 9.17) is 9.72 Å². The Balaban J connectivity index is 1.34. The molecule has 1 atom stereocenters. The van der Waals surface area contributed by atoms with Crippen molar-refractivity contribution >= 4 is 21.2 Å². The third-order valence-electron chi connectivity index (χ3n) is 6.18. The zero-order valence-corrected chi connectivity index (χ0v) is 18.9. The van der Waals surface area contributed by atoms with Gasteiger partial charge < -0.3 is 14.0 Å². The normalized spacial score (nSPS) is 20.7. The number of alkyl halides is 3. The Kier molecular flexibility index (Phi) is 5.98. The van der Waals surface area contributed by atoms with Gasteiger partial charge in [-0.2, -0.15) is 4.31 Å². The number of imidazole rings is 1. The Morgan fingerprint density at radius 3 is 2.44 bits per heavy atom. The van der Waals surface area contributed by atoms with Gasteiger partial charge in [0.2, 0.25) is 10.0 Å². The van der Waals surface area contributed by atoms with Crippen LogP contribution in [0.25, 0.3) is 11.2 Å². The number of rotatable bonds is 5. The first-order chi connectivity index (χ1) is 16.2. The van der Waals surface area contributed by atoms with E-state index >= 15 is 0 Å². The summed E-state index contributed by atoms with van der Waals surface area (Å²) in [5.41, 5.74) is 1.54. The van der Waals surface area contributed by atoms with E-state index in [1.807, 2.05) is 12.1 Å². The van der Waals surface area contributed by atoms with E-state index in [9.17, 15) is 21.6 Å². The van der Waals surface area contributed by atoms with Crippen molar-refractivity contribution < 1.29 is 31.1 Å². The third kappa shape index (κ3) is 4.49. The predicted molar refractivity (Wildman–Crippen MR) is 116 cm³/mol. The van der Waals surface area contributed by atoms with Crippen LogP contribution in [-0.2, 0) is 14.8 Å². The number of hydrogen-bond donors (Lipinski definition) is 0. The van der Waals surface area contributed by atoms with Crippen LogP contribution < -0.4 is 4.74 Å². The minimum Gasteiger partial charge on any atom is -0.406 e. The van der Waals surface area contributed by atoms with Gasteiger partial charge in [0.25, 0.3) is 0 Å². The molecule has 0 saturated carbocycles. The molecule has 5 rings (SSSR count). The maximum Gasteiger partial charge on any atom is 0.573 e. The highest BCUT2D eigenvalue weighted by Crippen LogP contribution is 2.36. The zero-order chi connectivity index (χ0) is 23.9. The van der Waals surface area contributed by atoms with Crippen molar-refractivity contribution in [1.82, 2.24) is 18.8 Å². The first-order valence-electron chi connectivity index (χ1n) is 11.0. The molecule has 0 radical (unpaired) electrons. The molecule has 3 aromatic rings. The molecule has 2 aliphatic rings. The molecule has 2 aliphatic heterocycles. The molecule has 0 aliphatic carbocycles. The molecule has 182 valence electrons. The molecular weight excluding hydrogens is 473 g/mol. The summed E-state index contributed by atoms with van der Waals surface area (Å²) in [5.74, 6) is 0.360. The van der Waals surface area contributed by atoms with Crippen molar-refractivity contribution in [3.05, 3.63) is 48.4 Å². The molecule has 0 bridgehead atoms. The van der Waals surface area contributed by atoms with Gasteiger partial charge in [0.15, 0.2) is 5.65 Å². The standard InChI is InChI=1S/C22H23F3N4O4S/c23-22(24,25)33-16-5-7-17(8-6-16)34(30,31)28-12-9-15(10-13-28)29-20-18(3-1-11-26-20)27-21(29)19-4-2-14-32-19/h1,3,5-8,11,15,19H,2,4,9-10,12-14H2/t19-/m0/s1. The lowest BCUT2D eigenvalue weighted by Crippen LogP contribution is -2.39. The lowest BCUT2D eigenvalue weighted by molar-refractivity contribution is -0.274. The van der Waals surface area contributed by atoms with E-state index in [1.54, 1.807) is 6.20 Å². The van der Waals surface area contributed by atoms with Gasteiger partial charge in [-0.1, -0.05) is 0 Å². The smallest absolute Gasteiger partial charge is 0.406 e. The van der Waals surface area contributed by atoms with Crippen LogP contribution in [0.4, 0.5) is 13.2 Å². The topological polar surface area (TPSA) is 86.6 Å². The van der Waals surface area contributed by atoms with Gasteiger partial charge >= 0.3 is 6.36 Å². The summed E-state index contributed by atoms with van der Waals surface area (Å²) >= 11 is 0. The molecule has 12 heteroatoms. The lowest BCUT2D eigenvalue weighted by atomic mass is 10.1. The number of ether oxygens (including phenoxy) is 2. The quantitative estimate of drug-likeness (QED) is 0.526. The maximum atomic E-state index is 13.1. The summed E-state index contributed by atoms with van der Waals surface area (Å²) in [5, 5.41) is 0. The number of halogens is 3. The van der Waals surface area contributed by atoms with Crippen LogP contribution in [0, 0.1) is 0 Å². The number of fused-ring (bicyclic) bond motifs is 1. The van der Waals surface area contributed by atoms with Gasteiger partial charge in [-0.05, 0) is 62.1 Å². The number of aromatic nitrogens is 3. The number of piperidine rings is 1. The van der Waals surface area contributed by atoms with E-state index in [2.05, 4.69) is 14.3 Å². The summed E-state index contributed by atoms with van der Waals surface area (Å²) in [6.45, 7) is 1.22. The van der Waals surface area contributed by atoms with Crippen molar-refractivity contribution in [1.29, 1.82) is 0 Å². The predicted octanol–water partition coefficient (Wildman–Crippen LogP) is 4.21. The van der Waals surface area contributed by atoms with Gasteiger partial charge in [0.05, 0.1) is 4.90 Å². The van der Waals surface area contributed by atoms with E-state index in [1.165, 1.54) is 4.31 Å². The second-order valence-corrected chi connectivity index (χ2v) is 10.3. The molecule has 2 aromatic heterocycles. The van der Waals surface area contributed by atoms with Crippen LogP contribution in [0.15, 0.2) is 47.5 Å². The molecule has 0 unspecified atom stereocenters. The lowest BCUT2D eigenvalue weighted by Gasteiger charge is -2.33. The van der Waals surface area contributed by atoms with Crippen LogP contribution in [0.3, 0.4) is 0 Å². The maximum absolute atomic E-state index is 13.1. The van der Waals surface area contributed by atoms with E-state index in [0.717, 1.165) is 54.1 Å². The summed E-state index contributed by atoms with van der Waals surface area (Å²) in [4.78, 5) is 9.22. The molecule has 1 aromatic carbocycles. The molecule has 34 heavy (non-hydrogen) atoms. The molecule has 2 saturated heterocycles. The second kappa shape index (κ2) is 8.82. The Morgan fingerprint density at radius 2 is 1.79 bits per heavy atom. The second-order valence-electron chi connectivity index (χ2n) is 8.34. The van der Waals surface area contributed by atoms with E-state index < -0.39 is 22.1 Å². The first kappa shape index (κ1) is 23.1. The third-order valence-corrected chi connectivity index (χ3v) is 8.09. The number of sulfonamides is 1. The Bertz CT molecular complexity index is 1260. The molecule has 4 heterocycles. The summed E-state index contributed by atoms with van der Waals surface area (Å²) in [6, 6.07) is 8.01. The van der Waals surface area contributed by atoms with Gasteiger partial charge in [-0.25, -0.2) is 18.4 Å². The Hall–Kier alpha value is -2.70.